The molecule has 0 radical (unpaired) electrons. The molecule has 0 fully saturated rings. The number of carbonyl (C=O) groups is 3. The fourth-order valence-electron chi connectivity index (χ4n) is 4.50. The summed E-state index contributed by atoms with van der Waals surface area (Å²) in [5, 5.41) is 3.23. The molecule has 7 heteroatoms. The minimum atomic E-state index is -0.701. The van der Waals surface area contributed by atoms with Gasteiger partial charge in [-0.1, -0.05) is 82.3 Å². The molecule has 218 valence electrons. The van der Waals surface area contributed by atoms with Crippen LogP contribution in [-0.2, 0) is 20.7 Å². The topological polar surface area (TPSA) is 84.9 Å². The third-order valence-electron chi connectivity index (χ3n) is 6.54. The minimum Gasteiger partial charge on any atom is -0.492 e. The third kappa shape index (κ3) is 9.78. The van der Waals surface area contributed by atoms with Gasteiger partial charge in [0.1, 0.15) is 18.4 Å². The number of esters is 1. The van der Waals surface area contributed by atoms with Crippen molar-refractivity contribution in [3.63, 3.8) is 0 Å². The van der Waals surface area contributed by atoms with Gasteiger partial charge in [-0.05, 0) is 41.7 Å². The van der Waals surface area contributed by atoms with Gasteiger partial charge < -0.3 is 19.7 Å². The maximum absolute atomic E-state index is 13.2. The van der Waals surface area contributed by atoms with E-state index in [0.717, 1.165) is 12.0 Å². The monoisotopic (exact) mass is 558 g/mol. The number of hydrogen-bond donors (Lipinski definition) is 1. The first-order valence-electron chi connectivity index (χ1n) is 14.1. The Hall–Kier alpha value is -4.13. The number of amides is 1. The summed E-state index contributed by atoms with van der Waals surface area (Å²) < 4.78 is 11.0. The Morgan fingerprint density at radius 2 is 1.54 bits per heavy atom. The molecule has 0 aliphatic heterocycles. The molecule has 41 heavy (non-hydrogen) atoms. The van der Waals surface area contributed by atoms with Crippen molar-refractivity contribution in [3.05, 3.63) is 95.6 Å². The molecule has 1 N–H and O–H groups in total. The average molecular weight is 559 g/mol. The molecule has 1 amide bonds. The fourth-order valence-corrected chi connectivity index (χ4v) is 4.50. The van der Waals surface area contributed by atoms with Crippen LogP contribution in [0.5, 0.6) is 5.75 Å². The normalized spacial score (nSPS) is 11.8. The summed E-state index contributed by atoms with van der Waals surface area (Å²) in [6.45, 7) is 9.89. The van der Waals surface area contributed by atoms with E-state index in [4.69, 9.17) is 9.47 Å². The Balaban J connectivity index is 1.64. The Morgan fingerprint density at radius 3 is 2.17 bits per heavy atom. The quantitative estimate of drug-likeness (QED) is 0.188. The Kier molecular flexibility index (Phi) is 11.5. The summed E-state index contributed by atoms with van der Waals surface area (Å²) in [5.41, 5.74) is 2.46. The molecular formula is C34H42N2O5. The van der Waals surface area contributed by atoms with Gasteiger partial charge in [-0.25, -0.2) is 4.79 Å². The van der Waals surface area contributed by atoms with Crippen LogP contribution in [-0.4, -0.2) is 55.4 Å². The van der Waals surface area contributed by atoms with Crippen molar-refractivity contribution in [3.8, 4) is 5.75 Å². The number of para-hydroxylation sites is 1. The van der Waals surface area contributed by atoms with Gasteiger partial charge in [0.15, 0.2) is 5.78 Å². The number of nitrogens with one attached hydrogen (secondary N) is 1. The highest BCUT2D eigenvalue weighted by Crippen LogP contribution is 2.23. The number of benzene rings is 3. The molecule has 7 nitrogen and oxygen atoms in total. The summed E-state index contributed by atoms with van der Waals surface area (Å²) in [6.07, 6.45) is 1.75. The van der Waals surface area contributed by atoms with Gasteiger partial charge in [0, 0.05) is 36.2 Å². The van der Waals surface area contributed by atoms with Crippen LogP contribution in [0.3, 0.4) is 0 Å². The van der Waals surface area contributed by atoms with Gasteiger partial charge in [-0.15, -0.1) is 0 Å². The van der Waals surface area contributed by atoms with Crippen LogP contribution >= 0.6 is 0 Å². The molecule has 0 heterocycles. The third-order valence-corrected chi connectivity index (χ3v) is 6.54. The van der Waals surface area contributed by atoms with Crippen molar-refractivity contribution in [1.29, 1.82) is 0 Å². The molecule has 3 aromatic carbocycles. The minimum absolute atomic E-state index is 0.0593. The van der Waals surface area contributed by atoms with E-state index < -0.39 is 12.0 Å². The summed E-state index contributed by atoms with van der Waals surface area (Å²) in [4.78, 5) is 40.4. The van der Waals surface area contributed by atoms with E-state index in [-0.39, 0.29) is 17.1 Å². The Labute approximate surface area is 243 Å². The van der Waals surface area contributed by atoms with E-state index in [2.05, 4.69) is 33.0 Å². The van der Waals surface area contributed by atoms with Crippen LogP contribution in [0.15, 0.2) is 78.9 Å². The number of carbonyl (C=O) groups excluding carboxylic acids is 3. The van der Waals surface area contributed by atoms with Gasteiger partial charge in [0.05, 0.1) is 13.7 Å². The molecule has 3 rings (SSSR count). The van der Waals surface area contributed by atoms with Gasteiger partial charge in [0.25, 0.3) is 0 Å². The Morgan fingerprint density at radius 1 is 0.878 bits per heavy atom. The predicted octanol–water partition coefficient (Wildman–Crippen LogP) is 6.17. The number of hydrogen-bond acceptors (Lipinski definition) is 6. The number of ketones is 1. The van der Waals surface area contributed by atoms with Gasteiger partial charge in [0.2, 0.25) is 5.91 Å². The first-order valence-corrected chi connectivity index (χ1v) is 14.1. The fraction of sp³-hybridized carbons (Fsp3) is 0.382. The number of anilines is 1. The molecule has 0 spiro atoms. The van der Waals surface area contributed by atoms with Crippen molar-refractivity contribution in [2.45, 2.75) is 53.0 Å². The second-order valence-electron chi connectivity index (χ2n) is 11.3. The second kappa shape index (κ2) is 15.0. The van der Waals surface area contributed by atoms with E-state index >= 15 is 0 Å². The summed E-state index contributed by atoms with van der Waals surface area (Å²) in [6, 6.07) is 23.0. The number of methoxy groups -OCH3 is 1. The van der Waals surface area contributed by atoms with Crippen LogP contribution in [0.25, 0.3) is 0 Å². The summed E-state index contributed by atoms with van der Waals surface area (Å²) in [7, 11) is 1.35. The maximum Gasteiger partial charge on any atom is 0.328 e. The van der Waals surface area contributed by atoms with Crippen LogP contribution in [0.1, 0.15) is 62.0 Å². The molecule has 3 aromatic rings. The van der Waals surface area contributed by atoms with Crippen molar-refractivity contribution < 1.29 is 23.9 Å². The molecule has 0 aromatic heterocycles. The lowest BCUT2D eigenvalue weighted by Gasteiger charge is -2.26. The predicted molar refractivity (Wildman–Crippen MR) is 162 cm³/mol. The second-order valence-corrected chi connectivity index (χ2v) is 11.3. The van der Waals surface area contributed by atoms with Crippen LogP contribution in [0, 0.1) is 5.41 Å². The lowest BCUT2D eigenvalue weighted by atomic mass is 9.91. The lowest BCUT2D eigenvalue weighted by molar-refractivity contribution is -0.141. The zero-order chi connectivity index (χ0) is 29.8. The zero-order valence-electron chi connectivity index (χ0n) is 24.8. The highest BCUT2D eigenvalue weighted by molar-refractivity contribution is 6.12. The standard InChI is InChI=1S/C34H42N2O5/c1-6-20-36(31(37)24-34(2,3)4)21-22-41-27-18-16-25(17-19-27)23-30(33(39)40-5)35-29-15-11-10-14-28(29)32(38)26-12-8-7-9-13-26/h7-19,30,35H,6,20-24H2,1-5H3/t30-/m0/s1. The van der Waals surface area contributed by atoms with Gasteiger partial charge >= 0.3 is 5.97 Å². The number of nitrogens with zero attached hydrogens (tertiary/aromatic N) is 1. The lowest BCUT2D eigenvalue weighted by Crippen LogP contribution is -2.37. The van der Waals surface area contributed by atoms with Crippen molar-refractivity contribution >= 4 is 23.3 Å². The first kappa shape index (κ1) is 31.4. The average Bonchev–Trinajstić information content (AvgIpc) is 2.96. The SMILES string of the molecule is CCCN(CCOc1ccc(C[C@H](Nc2ccccc2C(=O)c2ccccc2)C(=O)OC)cc1)C(=O)CC(C)(C)C. The molecular weight excluding hydrogens is 516 g/mol. The Bertz CT molecular complexity index is 1280. The van der Waals surface area contributed by atoms with Gasteiger partial charge in [-0.3, -0.25) is 9.59 Å². The molecule has 0 aliphatic rings. The molecule has 0 saturated heterocycles. The van der Waals surface area contributed by atoms with E-state index in [0.29, 0.717) is 55.1 Å². The smallest absolute Gasteiger partial charge is 0.328 e. The number of rotatable bonds is 14. The highest BCUT2D eigenvalue weighted by Gasteiger charge is 2.23. The van der Waals surface area contributed by atoms with E-state index in [9.17, 15) is 14.4 Å². The van der Waals surface area contributed by atoms with Crippen molar-refractivity contribution in [2.75, 3.05) is 32.1 Å². The highest BCUT2D eigenvalue weighted by atomic mass is 16.5. The summed E-state index contributed by atoms with van der Waals surface area (Å²) in [5.74, 6) is 0.279. The largest absolute Gasteiger partial charge is 0.492 e. The van der Waals surface area contributed by atoms with Crippen molar-refractivity contribution in [2.24, 2.45) is 5.41 Å². The maximum atomic E-state index is 13.2. The van der Waals surface area contributed by atoms with Gasteiger partial charge in [-0.2, -0.15) is 0 Å². The molecule has 0 unspecified atom stereocenters. The zero-order valence-corrected chi connectivity index (χ0v) is 24.8. The van der Waals surface area contributed by atoms with Crippen LogP contribution < -0.4 is 10.1 Å². The summed E-state index contributed by atoms with van der Waals surface area (Å²) >= 11 is 0. The van der Waals surface area contributed by atoms with E-state index in [1.165, 1.54) is 7.11 Å². The molecule has 0 saturated carbocycles. The van der Waals surface area contributed by atoms with Crippen molar-refractivity contribution in [1.82, 2.24) is 4.90 Å². The van der Waals surface area contributed by atoms with Crippen LogP contribution in [0.2, 0.25) is 0 Å². The molecule has 0 aliphatic carbocycles. The number of ether oxygens (including phenoxy) is 2. The van der Waals surface area contributed by atoms with E-state index in [1.54, 1.807) is 30.3 Å². The molecule has 1 atom stereocenters. The first-order chi connectivity index (χ1) is 19.6. The molecule has 0 bridgehead atoms. The van der Waals surface area contributed by atoms with Crippen LogP contribution in [0.4, 0.5) is 5.69 Å². The van der Waals surface area contributed by atoms with E-state index in [1.807, 2.05) is 53.4 Å².